The molecule has 11 heavy (non-hydrogen) atoms. The van der Waals surface area contributed by atoms with Crippen molar-refractivity contribution in [2.45, 2.75) is 19.8 Å². The van der Waals surface area contributed by atoms with Crippen molar-refractivity contribution in [3.05, 3.63) is 36.3 Å². The van der Waals surface area contributed by atoms with Gasteiger partial charge in [-0.25, -0.2) is 0 Å². The van der Waals surface area contributed by atoms with Gasteiger partial charge < -0.3 is 0 Å². The Bertz CT molecular complexity index is 145. The molecule has 0 saturated carbocycles. The Morgan fingerprint density at radius 2 is 2.27 bits per heavy atom. The quantitative estimate of drug-likeness (QED) is 0.429. The van der Waals surface area contributed by atoms with E-state index in [-0.39, 0.29) is 0 Å². The lowest BCUT2D eigenvalue weighted by Gasteiger charge is -1.97. The third-order valence-electron chi connectivity index (χ3n) is 1.20. The van der Waals surface area contributed by atoms with Gasteiger partial charge in [-0.2, -0.15) is 0 Å². The molecule has 0 unspecified atom stereocenters. The van der Waals surface area contributed by atoms with E-state index in [2.05, 4.69) is 20.1 Å². The van der Waals surface area contributed by atoms with Crippen molar-refractivity contribution >= 4 is 11.8 Å². The highest BCUT2D eigenvalue weighted by molar-refractivity contribution is 8.03. The van der Waals surface area contributed by atoms with E-state index in [0.717, 1.165) is 4.91 Å². The fourth-order valence-corrected chi connectivity index (χ4v) is 1.44. The molecule has 0 atom stereocenters. The van der Waals surface area contributed by atoms with Gasteiger partial charge in [-0.15, -0.1) is 11.8 Å². The van der Waals surface area contributed by atoms with Crippen molar-refractivity contribution in [3.8, 4) is 0 Å². The van der Waals surface area contributed by atoms with E-state index in [1.807, 2.05) is 23.9 Å². The van der Waals surface area contributed by atoms with Crippen LogP contribution in [0, 0.1) is 0 Å². The van der Waals surface area contributed by atoms with E-state index in [9.17, 15) is 0 Å². The van der Waals surface area contributed by atoms with Gasteiger partial charge in [0.05, 0.1) is 0 Å². The molecule has 0 rings (SSSR count). The Morgan fingerprint density at radius 1 is 1.55 bits per heavy atom. The summed E-state index contributed by atoms with van der Waals surface area (Å²) in [4.78, 5) is 1.12. The lowest BCUT2D eigenvalue weighted by atomic mass is 10.4. The number of unbranched alkanes of at least 4 members (excludes halogenated alkanes) is 1. The zero-order valence-corrected chi connectivity index (χ0v) is 7.99. The van der Waals surface area contributed by atoms with Gasteiger partial charge in [0.2, 0.25) is 0 Å². The lowest BCUT2D eigenvalue weighted by Crippen LogP contribution is -1.76. The second kappa shape index (κ2) is 7.67. The molecule has 0 N–H and O–H groups in total. The minimum atomic E-state index is 1.12. The van der Waals surface area contributed by atoms with Crippen LogP contribution in [0.15, 0.2) is 36.3 Å². The maximum absolute atomic E-state index is 3.89. The van der Waals surface area contributed by atoms with Crippen molar-refractivity contribution in [2.75, 3.05) is 5.75 Å². The van der Waals surface area contributed by atoms with Gasteiger partial charge >= 0.3 is 0 Å². The van der Waals surface area contributed by atoms with Gasteiger partial charge in [-0.1, -0.05) is 38.7 Å². The summed E-state index contributed by atoms with van der Waals surface area (Å²) >= 11 is 1.81. The molecule has 0 aromatic heterocycles. The number of hydrogen-bond donors (Lipinski definition) is 0. The standard InChI is InChI=1S/C10H16S/c1-4-6-8-10(3)11-9-7-5-2/h4,6,8H,1,3,5,7,9H2,2H3/b8-6-. The SMILES string of the molecule is C=C/C=C\C(=C)SCCCC. The van der Waals surface area contributed by atoms with E-state index in [0.29, 0.717) is 0 Å². The van der Waals surface area contributed by atoms with Crippen molar-refractivity contribution in [3.63, 3.8) is 0 Å². The van der Waals surface area contributed by atoms with E-state index < -0.39 is 0 Å². The summed E-state index contributed by atoms with van der Waals surface area (Å²) < 4.78 is 0. The molecule has 0 aliphatic carbocycles. The highest BCUT2D eigenvalue weighted by Gasteiger charge is 1.87. The minimum Gasteiger partial charge on any atom is -0.127 e. The first-order valence-corrected chi connectivity index (χ1v) is 4.90. The Balaban J connectivity index is 3.37. The first-order chi connectivity index (χ1) is 5.31. The third kappa shape index (κ3) is 7.47. The molecule has 0 bridgehead atoms. The molecule has 0 aliphatic heterocycles. The fourth-order valence-electron chi connectivity index (χ4n) is 0.571. The summed E-state index contributed by atoms with van der Waals surface area (Å²) in [5.74, 6) is 1.18. The first-order valence-electron chi connectivity index (χ1n) is 3.92. The summed E-state index contributed by atoms with van der Waals surface area (Å²) in [7, 11) is 0. The average Bonchev–Trinajstić information content (AvgIpc) is 2.01. The molecule has 0 fully saturated rings. The first kappa shape index (κ1) is 10.6. The molecule has 0 saturated heterocycles. The number of allylic oxidation sites excluding steroid dienone is 3. The van der Waals surface area contributed by atoms with E-state index in [4.69, 9.17) is 0 Å². The molecule has 0 amide bonds. The smallest absolute Gasteiger partial charge is 0.00000344 e. The van der Waals surface area contributed by atoms with Gasteiger partial charge in [0.15, 0.2) is 0 Å². The van der Waals surface area contributed by atoms with Crippen LogP contribution in [-0.2, 0) is 0 Å². The van der Waals surface area contributed by atoms with Crippen molar-refractivity contribution < 1.29 is 0 Å². The molecule has 1 heteroatoms. The summed E-state index contributed by atoms with van der Waals surface area (Å²) in [6.45, 7) is 9.68. The predicted molar refractivity (Wildman–Crippen MR) is 55.8 cm³/mol. The van der Waals surface area contributed by atoms with Gasteiger partial charge in [0, 0.05) is 0 Å². The molecular weight excluding hydrogens is 152 g/mol. The molecule has 0 radical (unpaired) electrons. The van der Waals surface area contributed by atoms with Crippen LogP contribution in [-0.4, -0.2) is 5.75 Å². The van der Waals surface area contributed by atoms with E-state index in [1.54, 1.807) is 6.08 Å². The molecule has 0 aromatic carbocycles. The van der Waals surface area contributed by atoms with Gasteiger partial charge in [0.25, 0.3) is 0 Å². The van der Waals surface area contributed by atoms with Gasteiger partial charge in [0.1, 0.15) is 0 Å². The van der Waals surface area contributed by atoms with Gasteiger partial charge in [-0.3, -0.25) is 0 Å². The lowest BCUT2D eigenvalue weighted by molar-refractivity contribution is 0.897. The van der Waals surface area contributed by atoms with E-state index in [1.165, 1.54) is 18.6 Å². The summed E-state index contributed by atoms with van der Waals surface area (Å²) in [6, 6.07) is 0. The third-order valence-corrected chi connectivity index (χ3v) is 2.20. The second-order valence-electron chi connectivity index (χ2n) is 2.26. The summed E-state index contributed by atoms with van der Waals surface area (Å²) in [6.07, 6.45) is 8.21. The zero-order chi connectivity index (χ0) is 8.53. The Hall–Kier alpha value is -0.430. The topological polar surface area (TPSA) is 0 Å². The maximum atomic E-state index is 3.89. The minimum absolute atomic E-state index is 1.12. The molecule has 0 nitrogen and oxygen atoms in total. The molecular formula is C10H16S. The Morgan fingerprint density at radius 3 is 2.82 bits per heavy atom. The van der Waals surface area contributed by atoms with E-state index >= 15 is 0 Å². The summed E-state index contributed by atoms with van der Waals surface area (Å²) in [5.41, 5.74) is 0. The maximum Gasteiger partial charge on any atom is -0.00000344 e. The van der Waals surface area contributed by atoms with Crippen LogP contribution in [0.4, 0.5) is 0 Å². The van der Waals surface area contributed by atoms with Crippen LogP contribution in [0.1, 0.15) is 19.8 Å². The predicted octanol–water partition coefficient (Wildman–Crippen LogP) is 3.78. The molecule has 0 aliphatic rings. The molecule has 62 valence electrons. The Kier molecular flexibility index (Phi) is 7.37. The van der Waals surface area contributed by atoms with Crippen LogP contribution in [0.3, 0.4) is 0 Å². The number of hydrogen-bond acceptors (Lipinski definition) is 1. The Labute approximate surface area is 74.1 Å². The fraction of sp³-hybridized carbons (Fsp3) is 0.400. The van der Waals surface area contributed by atoms with Crippen LogP contribution in [0.25, 0.3) is 0 Å². The average molecular weight is 168 g/mol. The number of rotatable bonds is 6. The molecule has 0 heterocycles. The van der Waals surface area contributed by atoms with Gasteiger partial charge in [-0.05, 0) is 23.2 Å². The normalized spacial score (nSPS) is 10.3. The van der Waals surface area contributed by atoms with Crippen molar-refractivity contribution in [2.24, 2.45) is 0 Å². The van der Waals surface area contributed by atoms with Crippen LogP contribution >= 0.6 is 11.8 Å². The zero-order valence-electron chi connectivity index (χ0n) is 7.18. The highest BCUT2D eigenvalue weighted by atomic mass is 32.2. The van der Waals surface area contributed by atoms with Crippen molar-refractivity contribution in [1.82, 2.24) is 0 Å². The summed E-state index contributed by atoms with van der Waals surface area (Å²) in [5, 5.41) is 0. The van der Waals surface area contributed by atoms with Crippen LogP contribution in [0.2, 0.25) is 0 Å². The monoisotopic (exact) mass is 168 g/mol. The molecule has 0 aromatic rings. The molecule has 0 spiro atoms. The highest BCUT2D eigenvalue weighted by Crippen LogP contribution is 2.15. The number of thioether (sulfide) groups is 1. The van der Waals surface area contributed by atoms with Crippen molar-refractivity contribution in [1.29, 1.82) is 0 Å². The second-order valence-corrected chi connectivity index (χ2v) is 3.48. The van der Waals surface area contributed by atoms with Crippen LogP contribution < -0.4 is 0 Å². The van der Waals surface area contributed by atoms with Crippen LogP contribution in [0.5, 0.6) is 0 Å². The largest absolute Gasteiger partial charge is 0.127 e.